The molecule has 3 nitrogen and oxygen atoms in total. The van der Waals surface area contributed by atoms with Crippen LogP contribution in [-0.2, 0) is 0 Å². The standard InChI is InChI=1S/C14H23N3/c1-4-14(5-2)8-9-17(10-14)13-12(15)7-6-11(3)16-13/h6-7H,4-5,8-10,15H2,1-3H3. The van der Waals surface area contributed by atoms with Crippen molar-refractivity contribution < 1.29 is 0 Å². The van der Waals surface area contributed by atoms with Gasteiger partial charge in [-0.05, 0) is 43.7 Å². The number of nitrogens with zero attached hydrogens (tertiary/aromatic N) is 2. The maximum absolute atomic E-state index is 6.04. The molecular weight excluding hydrogens is 210 g/mol. The molecule has 0 saturated carbocycles. The Labute approximate surface area is 104 Å². The minimum Gasteiger partial charge on any atom is -0.396 e. The number of hydrogen-bond acceptors (Lipinski definition) is 3. The number of hydrogen-bond donors (Lipinski definition) is 1. The minimum atomic E-state index is 0.470. The molecule has 1 fully saturated rings. The van der Waals surface area contributed by atoms with Crippen molar-refractivity contribution in [3.05, 3.63) is 17.8 Å². The van der Waals surface area contributed by atoms with Crippen molar-refractivity contribution in [2.24, 2.45) is 5.41 Å². The average Bonchev–Trinajstić information content (AvgIpc) is 2.77. The normalized spacial score (nSPS) is 18.6. The molecule has 0 amide bonds. The van der Waals surface area contributed by atoms with Crippen LogP contribution in [0.3, 0.4) is 0 Å². The first-order valence-electron chi connectivity index (χ1n) is 6.58. The van der Waals surface area contributed by atoms with Gasteiger partial charge in [-0.25, -0.2) is 4.98 Å². The highest BCUT2D eigenvalue weighted by Gasteiger charge is 2.35. The molecule has 1 aliphatic rings. The quantitative estimate of drug-likeness (QED) is 0.872. The van der Waals surface area contributed by atoms with E-state index < -0.39 is 0 Å². The van der Waals surface area contributed by atoms with E-state index in [1.807, 2.05) is 19.1 Å². The molecule has 2 N–H and O–H groups in total. The van der Waals surface area contributed by atoms with E-state index in [0.717, 1.165) is 30.3 Å². The van der Waals surface area contributed by atoms with Gasteiger partial charge in [0.2, 0.25) is 0 Å². The summed E-state index contributed by atoms with van der Waals surface area (Å²) in [5.74, 6) is 0.980. The average molecular weight is 233 g/mol. The Bertz CT molecular complexity index is 396. The third kappa shape index (κ3) is 2.24. The summed E-state index contributed by atoms with van der Waals surface area (Å²) in [6.07, 6.45) is 3.74. The Kier molecular flexibility index (Phi) is 3.27. The molecular formula is C14H23N3. The van der Waals surface area contributed by atoms with Crippen molar-refractivity contribution in [2.75, 3.05) is 23.7 Å². The van der Waals surface area contributed by atoms with Gasteiger partial charge in [0, 0.05) is 18.8 Å². The minimum absolute atomic E-state index is 0.470. The molecule has 2 heterocycles. The van der Waals surface area contributed by atoms with E-state index in [9.17, 15) is 0 Å². The smallest absolute Gasteiger partial charge is 0.152 e. The lowest BCUT2D eigenvalue weighted by molar-refractivity contribution is 0.301. The molecule has 0 aromatic carbocycles. The first kappa shape index (κ1) is 12.2. The second kappa shape index (κ2) is 4.55. The highest BCUT2D eigenvalue weighted by molar-refractivity contribution is 5.63. The monoisotopic (exact) mass is 233 g/mol. The van der Waals surface area contributed by atoms with Crippen molar-refractivity contribution in [2.45, 2.75) is 40.0 Å². The lowest BCUT2D eigenvalue weighted by atomic mass is 9.82. The van der Waals surface area contributed by atoms with Crippen LogP contribution >= 0.6 is 0 Å². The highest BCUT2D eigenvalue weighted by Crippen LogP contribution is 2.39. The number of anilines is 2. The summed E-state index contributed by atoms with van der Waals surface area (Å²) in [4.78, 5) is 6.95. The number of aromatic nitrogens is 1. The summed E-state index contributed by atoms with van der Waals surface area (Å²) in [6.45, 7) is 8.79. The number of nitrogens with two attached hydrogens (primary N) is 1. The third-order valence-electron chi connectivity index (χ3n) is 4.28. The second-order valence-electron chi connectivity index (χ2n) is 5.24. The van der Waals surface area contributed by atoms with E-state index in [2.05, 4.69) is 23.7 Å². The Hall–Kier alpha value is -1.25. The van der Waals surface area contributed by atoms with Crippen molar-refractivity contribution >= 4 is 11.5 Å². The fourth-order valence-corrected chi connectivity index (χ4v) is 2.75. The zero-order valence-corrected chi connectivity index (χ0v) is 11.2. The van der Waals surface area contributed by atoms with Gasteiger partial charge in [-0.2, -0.15) is 0 Å². The van der Waals surface area contributed by atoms with Crippen LogP contribution in [0.2, 0.25) is 0 Å². The zero-order chi connectivity index (χ0) is 12.5. The summed E-state index contributed by atoms with van der Waals surface area (Å²) in [6, 6.07) is 3.94. The fraction of sp³-hybridized carbons (Fsp3) is 0.643. The predicted molar refractivity (Wildman–Crippen MR) is 73.2 cm³/mol. The molecule has 1 aliphatic heterocycles. The van der Waals surface area contributed by atoms with Gasteiger partial charge < -0.3 is 10.6 Å². The van der Waals surface area contributed by atoms with Crippen LogP contribution in [0.1, 0.15) is 38.8 Å². The van der Waals surface area contributed by atoms with Gasteiger partial charge in [-0.3, -0.25) is 0 Å². The number of nitrogen functional groups attached to an aromatic ring is 1. The zero-order valence-electron chi connectivity index (χ0n) is 11.2. The van der Waals surface area contributed by atoms with Crippen molar-refractivity contribution in [1.82, 2.24) is 4.98 Å². The topological polar surface area (TPSA) is 42.2 Å². The summed E-state index contributed by atoms with van der Waals surface area (Å²) < 4.78 is 0. The first-order valence-corrected chi connectivity index (χ1v) is 6.58. The molecule has 1 aromatic heterocycles. The molecule has 3 heteroatoms. The Morgan fingerprint density at radius 3 is 2.65 bits per heavy atom. The molecule has 1 aromatic rings. The molecule has 94 valence electrons. The highest BCUT2D eigenvalue weighted by atomic mass is 15.2. The lowest BCUT2D eigenvalue weighted by Crippen LogP contribution is -2.27. The largest absolute Gasteiger partial charge is 0.396 e. The van der Waals surface area contributed by atoms with Crippen LogP contribution in [-0.4, -0.2) is 18.1 Å². The van der Waals surface area contributed by atoms with E-state index in [4.69, 9.17) is 5.73 Å². The second-order valence-corrected chi connectivity index (χ2v) is 5.24. The van der Waals surface area contributed by atoms with Crippen LogP contribution in [0.25, 0.3) is 0 Å². The van der Waals surface area contributed by atoms with E-state index in [-0.39, 0.29) is 0 Å². The molecule has 0 atom stereocenters. The molecule has 0 aliphatic carbocycles. The van der Waals surface area contributed by atoms with Gasteiger partial charge in [0.1, 0.15) is 0 Å². The third-order valence-corrected chi connectivity index (χ3v) is 4.28. The fourth-order valence-electron chi connectivity index (χ4n) is 2.75. The predicted octanol–water partition coefficient (Wildman–Crippen LogP) is 2.99. The Balaban J connectivity index is 2.23. The van der Waals surface area contributed by atoms with Gasteiger partial charge in [-0.1, -0.05) is 13.8 Å². The van der Waals surface area contributed by atoms with E-state index >= 15 is 0 Å². The van der Waals surface area contributed by atoms with Crippen LogP contribution in [0.5, 0.6) is 0 Å². The van der Waals surface area contributed by atoms with Crippen LogP contribution in [0.4, 0.5) is 11.5 Å². The molecule has 0 spiro atoms. The number of pyridine rings is 1. The van der Waals surface area contributed by atoms with Crippen LogP contribution in [0.15, 0.2) is 12.1 Å². The van der Waals surface area contributed by atoms with Crippen LogP contribution < -0.4 is 10.6 Å². The van der Waals surface area contributed by atoms with Crippen LogP contribution in [0, 0.1) is 12.3 Å². The maximum atomic E-state index is 6.04. The van der Waals surface area contributed by atoms with Crippen molar-refractivity contribution in [3.63, 3.8) is 0 Å². The molecule has 0 unspecified atom stereocenters. The van der Waals surface area contributed by atoms with Gasteiger partial charge in [0.25, 0.3) is 0 Å². The van der Waals surface area contributed by atoms with Gasteiger partial charge in [-0.15, -0.1) is 0 Å². The number of rotatable bonds is 3. The summed E-state index contributed by atoms with van der Waals surface area (Å²) in [7, 11) is 0. The van der Waals surface area contributed by atoms with Crippen molar-refractivity contribution in [3.8, 4) is 0 Å². The first-order chi connectivity index (χ1) is 8.10. The van der Waals surface area contributed by atoms with E-state index in [0.29, 0.717) is 5.41 Å². The molecule has 17 heavy (non-hydrogen) atoms. The van der Waals surface area contributed by atoms with E-state index in [1.165, 1.54) is 19.3 Å². The lowest BCUT2D eigenvalue weighted by Gasteiger charge is -2.27. The molecule has 0 radical (unpaired) electrons. The molecule has 1 saturated heterocycles. The number of aryl methyl sites for hydroxylation is 1. The Morgan fingerprint density at radius 1 is 1.35 bits per heavy atom. The maximum Gasteiger partial charge on any atom is 0.152 e. The van der Waals surface area contributed by atoms with Crippen molar-refractivity contribution in [1.29, 1.82) is 0 Å². The van der Waals surface area contributed by atoms with Gasteiger partial charge >= 0.3 is 0 Å². The summed E-state index contributed by atoms with van der Waals surface area (Å²) in [5.41, 5.74) is 8.35. The van der Waals surface area contributed by atoms with Gasteiger partial charge in [0.15, 0.2) is 5.82 Å². The Morgan fingerprint density at radius 2 is 2.06 bits per heavy atom. The van der Waals surface area contributed by atoms with Gasteiger partial charge in [0.05, 0.1) is 5.69 Å². The summed E-state index contributed by atoms with van der Waals surface area (Å²) >= 11 is 0. The molecule has 2 rings (SSSR count). The summed E-state index contributed by atoms with van der Waals surface area (Å²) in [5, 5.41) is 0. The SMILES string of the molecule is CCC1(CC)CCN(c2nc(C)ccc2N)C1. The van der Waals surface area contributed by atoms with E-state index in [1.54, 1.807) is 0 Å². The molecule has 0 bridgehead atoms.